The molecule has 3 unspecified atom stereocenters. The van der Waals surface area contributed by atoms with Crippen molar-refractivity contribution in [2.45, 2.75) is 32.7 Å². The van der Waals surface area contributed by atoms with E-state index < -0.39 is 0 Å². The molecule has 1 amide bonds. The Morgan fingerprint density at radius 2 is 1.94 bits per heavy atom. The van der Waals surface area contributed by atoms with Crippen LogP contribution < -0.4 is 5.73 Å². The minimum absolute atomic E-state index is 0. The molecule has 2 fully saturated rings. The molecule has 0 aromatic heterocycles. The predicted octanol–water partition coefficient (Wildman–Crippen LogP) is 0.946. The number of likely N-dealkylation sites (tertiary alicyclic amines) is 1. The fraction of sp³-hybridized carbons (Fsp3) is 0.923. The Kier molecular flexibility index (Phi) is 5.89. The number of carbonyl (C=O) groups is 1. The number of hydrogen-bond donors (Lipinski definition) is 1. The van der Waals surface area contributed by atoms with E-state index in [1.807, 2.05) is 4.90 Å². The van der Waals surface area contributed by atoms with E-state index in [9.17, 15) is 4.79 Å². The third-order valence-electron chi connectivity index (χ3n) is 4.52. The van der Waals surface area contributed by atoms with Gasteiger partial charge < -0.3 is 10.6 Å². The second-order valence-electron chi connectivity index (χ2n) is 5.43. The van der Waals surface area contributed by atoms with Gasteiger partial charge in [0.05, 0.1) is 6.54 Å². The molecule has 1 aliphatic carbocycles. The summed E-state index contributed by atoms with van der Waals surface area (Å²) in [5, 5.41) is 0. The van der Waals surface area contributed by atoms with E-state index in [1.165, 1.54) is 6.42 Å². The number of nitrogens with two attached hydrogens (primary N) is 1. The summed E-state index contributed by atoms with van der Waals surface area (Å²) in [6.07, 6.45) is 2.36. The second-order valence-corrected chi connectivity index (χ2v) is 5.43. The molecule has 0 aromatic rings. The highest BCUT2D eigenvalue weighted by Crippen LogP contribution is 2.37. The molecule has 5 heteroatoms. The molecule has 0 spiro atoms. The quantitative estimate of drug-likeness (QED) is 0.831. The molecule has 106 valence electrons. The molecule has 4 nitrogen and oxygen atoms in total. The van der Waals surface area contributed by atoms with E-state index in [4.69, 9.17) is 5.73 Å². The van der Waals surface area contributed by atoms with Crippen LogP contribution in [0.4, 0.5) is 0 Å². The number of amides is 1. The van der Waals surface area contributed by atoms with Gasteiger partial charge in [-0.25, -0.2) is 0 Å². The van der Waals surface area contributed by atoms with Crippen molar-refractivity contribution in [3.8, 4) is 0 Å². The van der Waals surface area contributed by atoms with E-state index in [0.29, 0.717) is 24.4 Å². The number of carbonyl (C=O) groups excluding carboxylic acids is 1. The van der Waals surface area contributed by atoms with Gasteiger partial charge in [-0.2, -0.15) is 0 Å². The van der Waals surface area contributed by atoms with Crippen molar-refractivity contribution in [1.82, 2.24) is 9.80 Å². The van der Waals surface area contributed by atoms with Crippen LogP contribution in [0, 0.1) is 11.8 Å². The fourth-order valence-corrected chi connectivity index (χ4v) is 3.25. The normalized spacial score (nSPS) is 30.4. The van der Waals surface area contributed by atoms with Crippen molar-refractivity contribution >= 4 is 18.3 Å². The van der Waals surface area contributed by atoms with Gasteiger partial charge in [-0.05, 0) is 37.8 Å². The Morgan fingerprint density at radius 3 is 2.50 bits per heavy atom. The van der Waals surface area contributed by atoms with Crippen molar-refractivity contribution in [3.05, 3.63) is 0 Å². The topological polar surface area (TPSA) is 49.6 Å². The summed E-state index contributed by atoms with van der Waals surface area (Å²) in [5.41, 5.74) is 6.09. The zero-order chi connectivity index (χ0) is 12.4. The smallest absolute Gasteiger partial charge is 0.236 e. The Labute approximate surface area is 116 Å². The molecule has 0 bridgehead atoms. The van der Waals surface area contributed by atoms with E-state index in [0.717, 1.165) is 32.6 Å². The maximum Gasteiger partial charge on any atom is 0.236 e. The maximum atomic E-state index is 12.2. The molecule has 1 saturated heterocycles. The summed E-state index contributed by atoms with van der Waals surface area (Å²) in [6.45, 7) is 8.51. The molecule has 0 aromatic carbocycles. The van der Waals surface area contributed by atoms with Crippen LogP contribution in [0.25, 0.3) is 0 Å². The van der Waals surface area contributed by atoms with Gasteiger partial charge >= 0.3 is 0 Å². The van der Waals surface area contributed by atoms with Gasteiger partial charge in [-0.1, -0.05) is 13.8 Å². The number of fused-ring (bicyclic) bond motifs is 1. The molecule has 1 aliphatic heterocycles. The lowest BCUT2D eigenvalue weighted by Crippen LogP contribution is -2.40. The molecule has 2 N–H and O–H groups in total. The third-order valence-corrected chi connectivity index (χ3v) is 4.52. The number of likely N-dealkylation sites (N-methyl/N-ethyl adjacent to an activating group) is 1. The molecule has 2 aliphatic rings. The predicted molar refractivity (Wildman–Crippen MR) is 75.8 cm³/mol. The second kappa shape index (κ2) is 6.73. The zero-order valence-corrected chi connectivity index (χ0v) is 12.3. The van der Waals surface area contributed by atoms with Crippen LogP contribution in [0.15, 0.2) is 0 Å². The number of halogens is 1. The van der Waals surface area contributed by atoms with Gasteiger partial charge in [-0.15, -0.1) is 12.4 Å². The average Bonchev–Trinajstić information content (AvgIpc) is 2.89. The first kappa shape index (κ1) is 15.7. The Morgan fingerprint density at radius 1 is 1.28 bits per heavy atom. The Bertz CT molecular complexity index is 283. The minimum atomic E-state index is 0. The number of rotatable bonds is 4. The Balaban J connectivity index is 0.00000162. The van der Waals surface area contributed by atoms with Crippen molar-refractivity contribution in [2.24, 2.45) is 17.6 Å². The molecule has 0 radical (unpaired) electrons. The fourth-order valence-electron chi connectivity index (χ4n) is 3.25. The standard InChI is InChI=1S/C13H25N3O.ClH/c1-3-15(4-2)9-13(17)16-7-10-5-6-12(14)11(10)8-16;/h10-12H,3-9,14H2,1-2H3;1H. The van der Waals surface area contributed by atoms with Crippen LogP contribution in [0.1, 0.15) is 26.7 Å². The van der Waals surface area contributed by atoms with E-state index in [-0.39, 0.29) is 18.3 Å². The largest absolute Gasteiger partial charge is 0.341 e. The average molecular weight is 276 g/mol. The first-order chi connectivity index (χ1) is 8.15. The van der Waals surface area contributed by atoms with E-state index >= 15 is 0 Å². The van der Waals surface area contributed by atoms with Gasteiger partial charge in [0.15, 0.2) is 0 Å². The summed E-state index contributed by atoms with van der Waals surface area (Å²) in [6, 6.07) is 0.325. The monoisotopic (exact) mass is 275 g/mol. The molecule has 1 heterocycles. The lowest BCUT2D eigenvalue weighted by Gasteiger charge is -2.23. The molecular weight excluding hydrogens is 250 g/mol. The summed E-state index contributed by atoms with van der Waals surface area (Å²) in [5.74, 6) is 1.52. The zero-order valence-electron chi connectivity index (χ0n) is 11.5. The van der Waals surface area contributed by atoms with Crippen LogP contribution in [-0.2, 0) is 4.79 Å². The van der Waals surface area contributed by atoms with E-state index in [2.05, 4.69) is 18.7 Å². The number of hydrogen-bond acceptors (Lipinski definition) is 3. The van der Waals surface area contributed by atoms with Gasteiger partial charge in [0.1, 0.15) is 0 Å². The van der Waals surface area contributed by atoms with Gasteiger partial charge in [0.2, 0.25) is 5.91 Å². The first-order valence-corrected chi connectivity index (χ1v) is 6.91. The van der Waals surface area contributed by atoms with Crippen LogP contribution in [0.2, 0.25) is 0 Å². The molecule has 2 rings (SSSR count). The van der Waals surface area contributed by atoms with Crippen LogP contribution >= 0.6 is 12.4 Å². The highest BCUT2D eigenvalue weighted by atomic mass is 35.5. The lowest BCUT2D eigenvalue weighted by molar-refractivity contribution is -0.131. The van der Waals surface area contributed by atoms with E-state index in [1.54, 1.807) is 0 Å². The summed E-state index contributed by atoms with van der Waals surface area (Å²) >= 11 is 0. The van der Waals surface area contributed by atoms with Gasteiger partial charge in [-0.3, -0.25) is 9.69 Å². The van der Waals surface area contributed by atoms with Crippen LogP contribution in [-0.4, -0.2) is 54.5 Å². The Hall–Kier alpha value is -0.320. The van der Waals surface area contributed by atoms with Crippen LogP contribution in [0.3, 0.4) is 0 Å². The first-order valence-electron chi connectivity index (χ1n) is 6.91. The van der Waals surface area contributed by atoms with Gasteiger partial charge in [0, 0.05) is 19.1 Å². The third kappa shape index (κ3) is 3.16. The SMILES string of the molecule is CCN(CC)CC(=O)N1CC2CCC(N)C2C1.Cl. The minimum Gasteiger partial charge on any atom is -0.341 e. The van der Waals surface area contributed by atoms with Crippen molar-refractivity contribution in [1.29, 1.82) is 0 Å². The molecule has 18 heavy (non-hydrogen) atoms. The highest BCUT2D eigenvalue weighted by Gasteiger charge is 2.42. The molecule has 1 saturated carbocycles. The van der Waals surface area contributed by atoms with Crippen molar-refractivity contribution < 1.29 is 4.79 Å². The van der Waals surface area contributed by atoms with Gasteiger partial charge in [0.25, 0.3) is 0 Å². The van der Waals surface area contributed by atoms with Crippen LogP contribution in [0.5, 0.6) is 0 Å². The highest BCUT2D eigenvalue weighted by molar-refractivity contribution is 5.85. The molecule has 3 atom stereocenters. The lowest BCUT2D eigenvalue weighted by atomic mass is 9.98. The summed E-state index contributed by atoms with van der Waals surface area (Å²) in [4.78, 5) is 16.4. The molecular formula is C13H26ClN3O. The van der Waals surface area contributed by atoms with Crippen molar-refractivity contribution in [2.75, 3.05) is 32.7 Å². The van der Waals surface area contributed by atoms with Crippen molar-refractivity contribution in [3.63, 3.8) is 0 Å². The summed E-state index contributed by atoms with van der Waals surface area (Å²) in [7, 11) is 0. The summed E-state index contributed by atoms with van der Waals surface area (Å²) < 4.78 is 0. The maximum absolute atomic E-state index is 12.2. The number of nitrogens with zero attached hydrogens (tertiary/aromatic N) is 2.